The highest BCUT2D eigenvalue weighted by Crippen LogP contribution is 2.27. The molecule has 1 amide bonds. The van der Waals surface area contributed by atoms with E-state index in [1.807, 2.05) is 0 Å². The maximum atomic E-state index is 12.7. The number of rotatable bonds is 8. The summed E-state index contributed by atoms with van der Waals surface area (Å²) in [5.74, 6) is -0.584. The Balaban J connectivity index is 1.54. The molecule has 2 fully saturated rings. The monoisotopic (exact) mass is 469 g/mol. The molecule has 0 aliphatic heterocycles. The first-order valence-corrected chi connectivity index (χ1v) is 12.7. The number of nitrogens with one attached hydrogen (secondary N) is 3. The first kappa shape index (κ1) is 21.3. The lowest BCUT2D eigenvalue weighted by Gasteiger charge is -2.11. The van der Waals surface area contributed by atoms with Crippen LogP contribution in [0, 0.1) is 0 Å². The molecule has 0 spiro atoms. The smallest absolute Gasteiger partial charge is 0.255 e. The third-order valence-electron chi connectivity index (χ3n) is 4.68. The fourth-order valence-corrected chi connectivity index (χ4v) is 5.95. The molecular weight excluding hydrogens is 450 g/mol. The second-order valence-corrected chi connectivity index (χ2v) is 11.2. The predicted molar refractivity (Wildman–Crippen MR) is 113 cm³/mol. The van der Waals surface area contributed by atoms with Gasteiger partial charge in [-0.2, -0.15) is 0 Å². The molecule has 30 heavy (non-hydrogen) atoms. The van der Waals surface area contributed by atoms with E-state index in [0.29, 0.717) is 0 Å². The quantitative estimate of drug-likeness (QED) is 0.548. The third-order valence-corrected chi connectivity index (χ3v) is 8.20. The summed E-state index contributed by atoms with van der Waals surface area (Å²) in [6, 6.07) is 9.69. The molecule has 2 aliphatic carbocycles. The third kappa shape index (κ3) is 5.01. The molecule has 3 N–H and O–H groups in total. The van der Waals surface area contributed by atoms with Gasteiger partial charge in [0, 0.05) is 23.3 Å². The summed E-state index contributed by atoms with van der Waals surface area (Å²) < 4.78 is 54.8. The van der Waals surface area contributed by atoms with Crippen LogP contribution in [0.1, 0.15) is 36.0 Å². The van der Waals surface area contributed by atoms with Gasteiger partial charge < -0.3 is 5.32 Å². The van der Waals surface area contributed by atoms with Gasteiger partial charge in [-0.1, -0.05) is 17.7 Å². The van der Waals surface area contributed by atoms with Crippen LogP contribution in [0.15, 0.2) is 52.3 Å². The van der Waals surface area contributed by atoms with Crippen molar-refractivity contribution in [2.75, 3.05) is 5.32 Å². The maximum absolute atomic E-state index is 12.7. The van der Waals surface area contributed by atoms with E-state index in [0.717, 1.165) is 25.7 Å². The van der Waals surface area contributed by atoms with Gasteiger partial charge >= 0.3 is 0 Å². The molecule has 2 aliphatic rings. The Hall–Kier alpha value is -1.98. The summed E-state index contributed by atoms with van der Waals surface area (Å²) in [5.41, 5.74) is 0.356. The van der Waals surface area contributed by atoms with E-state index in [9.17, 15) is 21.6 Å². The van der Waals surface area contributed by atoms with Gasteiger partial charge in [0.15, 0.2) is 0 Å². The molecular formula is C19H20ClN3O5S2. The molecule has 4 rings (SSSR count). The van der Waals surface area contributed by atoms with Crippen molar-refractivity contribution in [1.82, 2.24) is 9.44 Å². The molecule has 2 aromatic rings. The molecule has 0 saturated heterocycles. The number of anilines is 1. The van der Waals surface area contributed by atoms with Crippen LogP contribution in [0.25, 0.3) is 0 Å². The number of amides is 1. The lowest BCUT2D eigenvalue weighted by molar-refractivity contribution is 0.102. The van der Waals surface area contributed by atoms with Crippen molar-refractivity contribution < 1.29 is 21.6 Å². The minimum atomic E-state index is -3.84. The second kappa shape index (κ2) is 7.93. The van der Waals surface area contributed by atoms with Crippen molar-refractivity contribution in [3.05, 3.63) is 53.1 Å². The van der Waals surface area contributed by atoms with Crippen LogP contribution < -0.4 is 14.8 Å². The zero-order valence-corrected chi connectivity index (χ0v) is 18.1. The molecule has 0 bridgehead atoms. The SMILES string of the molecule is O=C(Nc1cccc(S(=O)(=O)NC2CC2)c1)c1ccc(Cl)c(S(=O)(=O)NC2CC2)c1. The largest absolute Gasteiger partial charge is 0.322 e. The minimum Gasteiger partial charge on any atom is -0.322 e. The van der Waals surface area contributed by atoms with E-state index in [4.69, 9.17) is 11.6 Å². The van der Waals surface area contributed by atoms with E-state index in [-0.39, 0.29) is 38.1 Å². The Kier molecular flexibility index (Phi) is 5.62. The zero-order chi connectivity index (χ0) is 21.5. The molecule has 160 valence electrons. The first-order chi connectivity index (χ1) is 14.1. The van der Waals surface area contributed by atoms with Crippen molar-refractivity contribution >= 4 is 43.2 Å². The van der Waals surface area contributed by atoms with Crippen molar-refractivity contribution in [3.63, 3.8) is 0 Å². The van der Waals surface area contributed by atoms with Gasteiger partial charge in [-0.3, -0.25) is 4.79 Å². The lowest BCUT2D eigenvalue weighted by atomic mass is 10.2. The summed E-state index contributed by atoms with van der Waals surface area (Å²) in [4.78, 5) is 12.5. The highest BCUT2D eigenvalue weighted by atomic mass is 35.5. The van der Waals surface area contributed by atoms with E-state index in [2.05, 4.69) is 14.8 Å². The van der Waals surface area contributed by atoms with Crippen molar-refractivity contribution in [2.24, 2.45) is 0 Å². The topological polar surface area (TPSA) is 121 Å². The van der Waals surface area contributed by atoms with Crippen LogP contribution >= 0.6 is 11.6 Å². The molecule has 8 nitrogen and oxygen atoms in total. The van der Waals surface area contributed by atoms with Gasteiger partial charge in [0.25, 0.3) is 5.91 Å². The summed E-state index contributed by atoms with van der Waals surface area (Å²) >= 11 is 6.04. The molecule has 11 heteroatoms. The van der Waals surface area contributed by atoms with Gasteiger partial charge in [-0.05, 0) is 62.1 Å². The highest BCUT2D eigenvalue weighted by molar-refractivity contribution is 7.89. The lowest BCUT2D eigenvalue weighted by Crippen LogP contribution is -2.26. The van der Waals surface area contributed by atoms with Gasteiger partial charge in [0.2, 0.25) is 20.0 Å². The number of hydrogen-bond donors (Lipinski definition) is 3. The van der Waals surface area contributed by atoms with E-state index in [1.54, 1.807) is 6.07 Å². The number of benzene rings is 2. The second-order valence-electron chi connectivity index (χ2n) is 7.42. The van der Waals surface area contributed by atoms with Gasteiger partial charge in [-0.25, -0.2) is 26.3 Å². The number of carbonyl (C=O) groups is 1. The first-order valence-electron chi connectivity index (χ1n) is 9.40. The molecule has 2 aromatic carbocycles. The van der Waals surface area contributed by atoms with Crippen LogP contribution in [0.4, 0.5) is 5.69 Å². The van der Waals surface area contributed by atoms with Gasteiger partial charge in [-0.15, -0.1) is 0 Å². The zero-order valence-electron chi connectivity index (χ0n) is 15.8. The Labute approximate surface area is 180 Å². The fourth-order valence-electron chi connectivity index (χ4n) is 2.77. The van der Waals surface area contributed by atoms with Crippen LogP contribution in [0.2, 0.25) is 5.02 Å². The number of halogens is 1. The summed E-state index contributed by atoms with van der Waals surface area (Å²) in [6.45, 7) is 0. The Morgan fingerprint density at radius 2 is 1.50 bits per heavy atom. The Bertz CT molecular complexity index is 1210. The van der Waals surface area contributed by atoms with Crippen molar-refractivity contribution in [3.8, 4) is 0 Å². The number of hydrogen-bond acceptors (Lipinski definition) is 5. The minimum absolute atomic E-state index is 0.0129. The van der Waals surface area contributed by atoms with Crippen molar-refractivity contribution in [1.29, 1.82) is 0 Å². The van der Waals surface area contributed by atoms with Crippen LogP contribution in [-0.4, -0.2) is 34.8 Å². The highest BCUT2D eigenvalue weighted by Gasteiger charge is 2.30. The van der Waals surface area contributed by atoms with Crippen LogP contribution in [-0.2, 0) is 20.0 Å². The predicted octanol–water partition coefficient (Wildman–Crippen LogP) is 2.47. The standard InChI is InChI=1S/C19H20ClN3O5S2/c20-17-9-4-12(10-18(17)30(27,28)23-14-7-8-14)19(24)21-15-2-1-3-16(11-15)29(25,26)22-13-5-6-13/h1-4,9-11,13-14,22-23H,5-8H2,(H,21,24). The molecule has 2 saturated carbocycles. The molecule has 0 radical (unpaired) electrons. The Morgan fingerprint density at radius 1 is 0.867 bits per heavy atom. The van der Waals surface area contributed by atoms with Crippen LogP contribution in [0.5, 0.6) is 0 Å². The van der Waals surface area contributed by atoms with E-state index < -0.39 is 26.0 Å². The van der Waals surface area contributed by atoms with Gasteiger partial charge in [0.1, 0.15) is 4.90 Å². The fraction of sp³-hybridized carbons (Fsp3) is 0.316. The van der Waals surface area contributed by atoms with Gasteiger partial charge in [0.05, 0.1) is 9.92 Å². The van der Waals surface area contributed by atoms with E-state index in [1.165, 1.54) is 36.4 Å². The molecule has 0 heterocycles. The molecule has 0 atom stereocenters. The molecule has 0 aromatic heterocycles. The Morgan fingerprint density at radius 3 is 2.13 bits per heavy atom. The van der Waals surface area contributed by atoms with Crippen molar-refractivity contribution in [2.45, 2.75) is 47.6 Å². The average Bonchev–Trinajstić information content (AvgIpc) is 3.60. The average molecular weight is 470 g/mol. The molecule has 0 unspecified atom stereocenters. The summed E-state index contributed by atoms with van der Waals surface area (Å²) in [5, 5.41) is 2.61. The maximum Gasteiger partial charge on any atom is 0.255 e. The van der Waals surface area contributed by atoms with E-state index >= 15 is 0 Å². The number of carbonyl (C=O) groups excluding carboxylic acids is 1. The normalized spacial score (nSPS) is 17.0. The summed E-state index contributed by atoms with van der Waals surface area (Å²) in [7, 11) is -7.50. The number of sulfonamides is 2. The van der Waals surface area contributed by atoms with Crippen LogP contribution in [0.3, 0.4) is 0 Å². The summed E-state index contributed by atoms with van der Waals surface area (Å²) in [6.07, 6.45) is 3.16.